The summed E-state index contributed by atoms with van der Waals surface area (Å²) in [5, 5.41) is 9.89. The normalized spacial score (nSPS) is 12.0. The number of aromatic nitrogens is 4. The van der Waals surface area contributed by atoms with E-state index in [0.29, 0.717) is 33.7 Å². The van der Waals surface area contributed by atoms with Gasteiger partial charge in [-0.2, -0.15) is 0 Å². The van der Waals surface area contributed by atoms with Gasteiger partial charge in [0.15, 0.2) is 0 Å². The molecule has 124 valence electrons. The molecule has 0 amide bonds. The number of thioether (sulfide) groups is 1. The van der Waals surface area contributed by atoms with Crippen LogP contribution in [0.1, 0.15) is 13.3 Å². The lowest BCUT2D eigenvalue weighted by Crippen LogP contribution is -2.40. The van der Waals surface area contributed by atoms with Crippen molar-refractivity contribution in [3.63, 3.8) is 0 Å². The highest BCUT2D eigenvalue weighted by atomic mass is 35.5. The van der Waals surface area contributed by atoms with Gasteiger partial charge in [0.1, 0.15) is 6.54 Å². The zero-order chi connectivity index (χ0) is 17.1. The Morgan fingerprint density at radius 1 is 1.43 bits per heavy atom. The fourth-order valence-electron chi connectivity index (χ4n) is 2.01. The maximum Gasteiger partial charge on any atom is 0.331 e. The third-order valence-electron chi connectivity index (χ3n) is 3.15. The van der Waals surface area contributed by atoms with Crippen LogP contribution in [0.5, 0.6) is 0 Å². The number of carboxylic acid groups (broad SMARTS) is 1. The minimum absolute atomic E-state index is 0.0142. The summed E-state index contributed by atoms with van der Waals surface area (Å²) in [6.45, 7) is 2.04. The molecule has 0 aliphatic carbocycles. The number of hydrogen-bond donors (Lipinski definition) is 3. The first-order chi connectivity index (χ1) is 10.8. The average molecular weight is 360 g/mol. The Labute approximate surface area is 139 Å². The minimum atomic E-state index is -0.901. The Bertz CT molecular complexity index is 892. The van der Waals surface area contributed by atoms with E-state index < -0.39 is 17.2 Å². The number of aliphatic carboxylic acids is 1. The van der Waals surface area contributed by atoms with Crippen molar-refractivity contribution in [2.24, 2.45) is 7.05 Å². The minimum Gasteiger partial charge on any atom is -0.481 e. The van der Waals surface area contributed by atoms with Crippen LogP contribution in [-0.2, 0) is 18.4 Å². The molecule has 3 N–H and O–H groups in total. The SMILES string of the molecule is CC(Cl)=CC[n+]1c(SCCC(=O)O)[nH]c2c1c(=O)[nH]c(=O)n2C. The van der Waals surface area contributed by atoms with Crippen molar-refractivity contribution < 1.29 is 14.5 Å². The lowest BCUT2D eigenvalue weighted by molar-refractivity contribution is -0.699. The quantitative estimate of drug-likeness (QED) is 0.515. The molecule has 0 aliphatic rings. The maximum absolute atomic E-state index is 12.1. The van der Waals surface area contributed by atoms with Crippen molar-refractivity contribution in [1.29, 1.82) is 0 Å². The molecule has 2 aromatic rings. The second-order valence-electron chi connectivity index (χ2n) is 4.84. The van der Waals surface area contributed by atoms with Crippen molar-refractivity contribution >= 4 is 40.5 Å². The summed E-state index contributed by atoms with van der Waals surface area (Å²) in [5.74, 6) is -0.570. The van der Waals surface area contributed by atoms with Crippen LogP contribution in [0, 0.1) is 0 Å². The van der Waals surface area contributed by atoms with Gasteiger partial charge in [0.2, 0.25) is 0 Å². The second kappa shape index (κ2) is 7.05. The van der Waals surface area contributed by atoms with Gasteiger partial charge in [-0.1, -0.05) is 11.6 Å². The number of allylic oxidation sites excluding steroid dienone is 2. The number of H-pyrrole nitrogens is 2. The molecule has 0 aromatic carbocycles. The summed E-state index contributed by atoms with van der Waals surface area (Å²) in [5.41, 5.74) is -0.358. The summed E-state index contributed by atoms with van der Waals surface area (Å²) in [6, 6.07) is 0. The number of hydrogen-bond acceptors (Lipinski definition) is 4. The Hall–Kier alpha value is -2.00. The van der Waals surface area contributed by atoms with Gasteiger partial charge in [0.05, 0.1) is 6.42 Å². The lowest BCUT2D eigenvalue weighted by Gasteiger charge is -1.98. The molecule has 0 radical (unpaired) electrons. The van der Waals surface area contributed by atoms with Crippen LogP contribution in [0.2, 0.25) is 0 Å². The van der Waals surface area contributed by atoms with Gasteiger partial charge in [-0.15, -0.1) is 0 Å². The second-order valence-corrected chi connectivity index (χ2v) is 6.52. The van der Waals surface area contributed by atoms with E-state index in [1.165, 1.54) is 23.4 Å². The van der Waals surface area contributed by atoms with Crippen LogP contribution in [0.25, 0.3) is 11.2 Å². The number of halogens is 1. The molecule has 10 heteroatoms. The van der Waals surface area contributed by atoms with Crippen LogP contribution >= 0.6 is 23.4 Å². The standard InChI is InChI=1S/C13H15ClN4O4S/c1-7(14)3-5-18-9-10(17(2)12(22)16-11(9)21)15-13(18)23-6-4-8(19)20/h3H,4-6H2,1-2H3,(H2,16,19,20,21,22)/p+1. The number of aryl methyl sites for hydroxylation is 1. The van der Waals surface area contributed by atoms with Gasteiger partial charge in [-0.25, -0.2) is 14.3 Å². The summed E-state index contributed by atoms with van der Waals surface area (Å²) < 4.78 is 2.97. The van der Waals surface area contributed by atoms with Gasteiger partial charge < -0.3 is 5.11 Å². The smallest absolute Gasteiger partial charge is 0.331 e. The third kappa shape index (κ3) is 3.85. The van der Waals surface area contributed by atoms with Crippen molar-refractivity contribution in [3.8, 4) is 0 Å². The first-order valence-corrected chi connectivity index (χ1v) is 8.09. The predicted octanol–water partition coefficient (Wildman–Crippen LogP) is 0.552. The number of aromatic amines is 2. The molecule has 0 atom stereocenters. The van der Waals surface area contributed by atoms with Gasteiger partial charge in [0.25, 0.3) is 11.2 Å². The van der Waals surface area contributed by atoms with Gasteiger partial charge in [0, 0.05) is 17.8 Å². The van der Waals surface area contributed by atoms with E-state index in [-0.39, 0.29) is 6.42 Å². The molecule has 8 nitrogen and oxygen atoms in total. The fourth-order valence-corrected chi connectivity index (χ4v) is 3.04. The molecular formula is C13H16ClN4O4S+. The predicted molar refractivity (Wildman–Crippen MR) is 86.9 cm³/mol. The summed E-state index contributed by atoms with van der Waals surface area (Å²) in [7, 11) is 1.54. The van der Waals surface area contributed by atoms with Crippen LogP contribution in [0.4, 0.5) is 0 Å². The highest BCUT2D eigenvalue weighted by molar-refractivity contribution is 7.99. The Balaban J connectivity index is 2.57. The summed E-state index contributed by atoms with van der Waals surface area (Å²) >= 11 is 7.11. The van der Waals surface area contributed by atoms with Gasteiger partial charge in [-0.05, 0) is 24.8 Å². The molecule has 0 fully saturated rings. The first kappa shape index (κ1) is 17.4. The number of rotatable bonds is 6. The number of carbonyl (C=O) groups is 1. The molecule has 0 saturated carbocycles. The molecule has 0 saturated heterocycles. The monoisotopic (exact) mass is 359 g/mol. The third-order valence-corrected chi connectivity index (χ3v) is 4.31. The highest BCUT2D eigenvalue weighted by Crippen LogP contribution is 2.16. The average Bonchev–Trinajstić information content (AvgIpc) is 2.81. The van der Waals surface area contributed by atoms with E-state index in [9.17, 15) is 14.4 Å². The van der Waals surface area contributed by atoms with Crippen molar-refractivity contribution in [2.75, 3.05) is 5.75 Å². The van der Waals surface area contributed by atoms with Crippen LogP contribution in [0.15, 0.2) is 25.9 Å². The molecule has 0 unspecified atom stereocenters. The zero-order valence-electron chi connectivity index (χ0n) is 12.6. The van der Waals surface area contributed by atoms with Gasteiger partial charge >= 0.3 is 22.4 Å². The first-order valence-electron chi connectivity index (χ1n) is 6.73. The topological polar surface area (TPSA) is 112 Å². The Morgan fingerprint density at radius 3 is 2.74 bits per heavy atom. The molecular weight excluding hydrogens is 344 g/mol. The highest BCUT2D eigenvalue weighted by Gasteiger charge is 2.24. The van der Waals surface area contributed by atoms with Crippen LogP contribution in [-0.4, -0.2) is 31.4 Å². The summed E-state index contributed by atoms with van der Waals surface area (Å²) in [4.78, 5) is 39.8. The molecule has 0 bridgehead atoms. The number of imidazole rings is 1. The molecule has 0 spiro atoms. The summed E-state index contributed by atoms with van der Waals surface area (Å²) in [6.07, 6.45) is 1.71. The van der Waals surface area contributed by atoms with E-state index in [2.05, 4.69) is 9.97 Å². The number of nitrogens with zero attached hydrogens (tertiary/aromatic N) is 2. The molecule has 0 aliphatic heterocycles. The Morgan fingerprint density at radius 2 is 2.13 bits per heavy atom. The number of fused-ring (bicyclic) bond motifs is 1. The lowest BCUT2D eigenvalue weighted by atomic mass is 10.4. The van der Waals surface area contributed by atoms with Crippen molar-refractivity contribution in [3.05, 3.63) is 31.9 Å². The number of nitrogens with one attached hydrogen (secondary N) is 2. The van der Waals surface area contributed by atoms with E-state index >= 15 is 0 Å². The molecule has 23 heavy (non-hydrogen) atoms. The molecule has 2 rings (SSSR count). The number of carboxylic acids is 1. The molecule has 2 heterocycles. The largest absolute Gasteiger partial charge is 0.481 e. The van der Waals surface area contributed by atoms with Crippen molar-refractivity contribution in [1.82, 2.24) is 14.5 Å². The van der Waals surface area contributed by atoms with Crippen molar-refractivity contribution in [2.45, 2.75) is 25.0 Å². The zero-order valence-corrected chi connectivity index (χ0v) is 14.1. The Kier molecular flexibility index (Phi) is 5.32. The maximum atomic E-state index is 12.1. The molecule has 2 aromatic heterocycles. The van der Waals surface area contributed by atoms with E-state index in [1.807, 2.05) is 0 Å². The van der Waals surface area contributed by atoms with Crippen LogP contribution in [0.3, 0.4) is 0 Å². The van der Waals surface area contributed by atoms with E-state index in [0.717, 1.165) is 0 Å². The van der Waals surface area contributed by atoms with E-state index in [1.54, 1.807) is 17.6 Å². The van der Waals surface area contributed by atoms with Gasteiger partial charge in [-0.3, -0.25) is 19.1 Å². The fraction of sp³-hybridized carbons (Fsp3) is 0.385. The van der Waals surface area contributed by atoms with E-state index in [4.69, 9.17) is 16.7 Å². The van der Waals surface area contributed by atoms with Crippen LogP contribution < -0.4 is 15.8 Å².